The first-order valence-electron chi connectivity index (χ1n) is 8.65. The van der Waals surface area contributed by atoms with E-state index >= 15 is 0 Å². The topological polar surface area (TPSA) is 55.8 Å². The summed E-state index contributed by atoms with van der Waals surface area (Å²) in [6.45, 7) is 8.44. The number of rotatable bonds is 11. The van der Waals surface area contributed by atoms with Crippen LogP contribution in [0.4, 0.5) is 4.79 Å². The van der Waals surface area contributed by atoms with Gasteiger partial charge in [0.15, 0.2) is 0 Å². The lowest BCUT2D eigenvalue weighted by Gasteiger charge is -2.33. The van der Waals surface area contributed by atoms with Crippen LogP contribution in [0.15, 0.2) is 0 Å². The van der Waals surface area contributed by atoms with Crippen LogP contribution < -0.4 is 5.32 Å². The number of hydrogen-bond acceptors (Lipinski definition) is 3. The zero-order chi connectivity index (χ0) is 15.3. The summed E-state index contributed by atoms with van der Waals surface area (Å²) in [7, 11) is 0. The van der Waals surface area contributed by atoms with Gasteiger partial charge in [-0.15, -0.1) is 0 Å². The Bertz CT molecular complexity index is 266. The summed E-state index contributed by atoms with van der Waals surface area (Å²) in [6.07, 6.45) is 8.70. The van der Waals surface area contributed by atoms with E-state index < -0.39 is 6.09 Å². The minimum atomic E-state index is -0.785. The van der Waals surface area contributed by atoms with Gasteiger partial charge in [-0.25, -0.2) is 4.79 Å². The molecule has 0 atom stereocenters. The molecule has 1 aliphatic heterocycles. The van der Waals surface area contributed by atoms with Crippen LogP contribution in [-0.4, -0.2) is 66.8 Å². The van der Waals surface area contributed by atoms with Crippen LogP contribution in [0.2, 0.25) is 0 Å². The summed E-state index contributed by atoms with van der Waals surface area (Å²) < 4.78 is 0. The largest absolute Gasteiger partial charge is 0.465 e. The molecule has 0 aromatic carbocycles. The number of hydrogen-bond donors (Lipinski definition) is 2. The Morgan fingerprint density at radius 3 is 2.19 bits per heavy atom. The molecule has 1 rings (SSSR count). The third-order valence-corrected chi connectivity index (χ3v) is 4.20. The van der Waals surface area contributed by atoms with E-state index in [0.29, 0.717) is 13.1 Å². The van der Waals surface area contributed by atoms with Gasteiger partial charge in [-0.3, -0.25) is 4.90 Å². The number of piperazine rings is 1. The average molecular weight is 299 g/mol. The van der Waals surface area contributed by atoms with Crippen molar-refractivity contribution in [2.75, 3.05) is 45.8 Å². The minimum absolute atomic E-state index is 0.646. The quantitative estimate of drug-likeness (QED) is 0.576. The van der Waals surface area contributed by atoms with Crippen molar-refractivity contribution >= 4 is 6.09 Å². The van der Waals surface area contributed by atoms with E-state index in [9.17, 15) is 4.79 Å². The summed E-state index contributed by atoms with van der Waals surface area (Å²) in [4.78, 5) is 14.6. The molecule has 1 fully saturated rings. The van der Waals surface area contributed by atoms with E-state index in [1.165, 1.54) is 49.8 Å². The predicted octanol–water partition coefficient (Wildman–Crippen LogP) is 2.62. The molecule has 0 aliphatic carbocycles. The van der Waals surface area contributed by atoms with Crippen molar-refractivity contribution in [2.24, 2.45) is 0 Å². The Labute approximate surface area is 129 Å². The fourth-order valence-electron chi connectivity index (χ4n) is 2.73. The molecule has 0 unspecified atom stereocenters. The molecule has 0 bridgehead atoms. The van der Waals surface area contributed by atoms with Gasteiger partial charge in [0, 0.05) is 39.3 Å². The van der Waals surface area contributed by atoms with E-state index in [4.69, 9.17) is 5.11 Å². The normalized spacial score (nSPS) is 16.3. The molecule has 0 aromatic heterocycles. The molecule has 2 N–H and O–H groups in total. The highest BCUT2D eigenvalue weighted by Crippen LogP contribution is 2.06. The monoisotopic (exact) mass is 299 g/mol. The van der Waals surface area contributed by atoms with Gasteiger partial charge in [-0.05, 0) is 13.0 Å². The smallest absolute Gasteiger partial charge is 0.407 e. The van der Waals surface area contributed by atoms with Crippen molar-refractivity contribution < 1.29 is 9.90 Å². The maximum atomic E-state index is 10.8. The second-order valence-electron chi connectivity index (χ2n) is 5.98. The van der Waals surface area contributed by atoms with Crippen LogP contribution in [0.25, 0.3) is 0 Å². The summed E-state index contributed by atoms with van der Waals surface area (Å²) in [5.74, 6) is 0. The van der Waals surface area contributed by atoms with E-state index in [1.54, 1.807) is 0 Å². The molecular formula is C16H33N3O2. The first-order valence-corrected chi connectivity index (χ1v) is 8.65. The molecule has 0 spiro atoms. The van der Waals surface area contributed by atoms with Gasteiger partial charge in [-0.1, -0.05) is 45.4 Å². The molecule has 1 aliphatic rings. The average Bonchev–Trinajstić information content (AvgIpc) is 2.49. The van der Waals surface area contributed by atoms with Crippen molar-refractivity contribution in [1.82, 2.24) is 15.1 Å². The fraction of sp³-hybridized carbons (Fsp3) is 0.938. The minimum Gasteiger partial charge on any atom is -0.465 e. The zero-order valence-corrected chi connectivity index (χ0v) is 13.6. The first-order chi connectivity index (χ1) is 10.2. The molecule has 0 saturated carbocycles. The molecular weight excluding hydrogens is 266 g/mol. The summed E-state index contributed by atoms with van der Waals surface area (Å²) in [5.41, 5.74) is 0. The Balaban J connectivity index is 1.84. The van der Waals surface area contributed by atoms with Crippen LogP contribution in [0, 0.1) is 0 Å². The van der Waals surface area contributed by atoms with Crippen LogP contribution in [0.3, 0.4) is 0 Å². The summed E-state index contributed by atoms with van der Waals surface area (Å²) in [5, 5.41) is 12.4. The van der Waals surface area contributed by atoms with Crippen molar-refractivity contribution in [3.05, 3.63) is 0 Å². The zero-order valence-electron chi connectivity index (χ0n) is 13.6. The molecule has 1 heterocycles. The number of carboxylic acid groups (broad SMARTS) is 1. The van der Waals surface area contributed by atoms with Gasteiger partial charge in [0.05, 0.1) is 0 Å². The van der Waals surface area contributed by atoms with E-state index in [1.807, 2.05) is 0 Å². The predicted molar refractivity (Wildman–Crippen MR) is 86.9 cm³/mol. The Morgan fingerprint density at radius 2 is 1.57 bits per heavy atom. The van der Waals surface area contributed by atoms with Gasteiger partial charge < -0.3 is 15.3 Å². The van der Waals surface area contributed by atoms with Crippen molar-refractivity contribution in [2.45, 2.75) is 51.9 Å². The fourth-order valence-corrected chi connectivity index (χ4v) is 2.73. The summed E-state index contributed by atoms with van der Waals surface area (Å²) >= 11 is 0. The van der Waals surface area contributed by atoms with E-state index in [2.05, 4.69) is 17.1 Å². The molecule has 5 nitrogen and oxygen atoms in total. The van der Waals surface area contributed by atoms with E-state index in [0.717, 1.165) is 32.7 Å². The van der Waals surface area contributed by atoms with Crippen LogP contribution in [0.1, 0.15) is 51.9 Å². The third-order valence-electron chi connectivity index (χ3n) is 4.20. The Kier molecular flexibility index (Phi) is 10.3. The van der Waals surface area contributed by atoms with E-state index in [-0.39, 0.29) is 0 Å². The van der Waals surface area contributed by atoms with Crippen molar-refractivity contribution in [1.29, 1.82) is 0 Å². The van der Waals surface area contributed by atoms with Gasteiger partial charge in [0.1, 0.15) is 0 Å². The molecule has 5 heteroatoms. The van der Waals surface area contributed by atoms with Crippen molar-refractivity contribution in [3.63, 3.8) is 0 Å². The first kappa shape index (κ1) is 18.2. The SMILES string of the molecule is CCCCCCCCCNCCN1CCN(C(=O)O)CC1. The third kappa shape index (κ3) is 8.94. The Hall–Kier alpha value is -0.810. The molecule has 0 aromatic rings. The molecule has 0 radical (unpaired) electrons. The van der Waals surface area contributed by atoms with Gasteiger partial charge in [-0.2, -0.15) is 0 Å². The molecule has 124 valence electrons. The Morgan fingerprint density at radius 1 is 0.952 bits per heavy atom. The second-order valence-corrected chi connectivity index (χ2v) is 5.98. The van der Waals surface area contributed by atoms with Crippen LogP contribution in [-0.2, 0) is 0 Å². The molecule has 1 amide bonds. The summed E-state index contributed by atoms with van der Waals surface area (Å²) in [6, 6.07) is 0. The number of amides is 1. The maximum Gasteiger partial charge on any atom is 0.407 e. The number of unbranched alkanes of at least 4 members (excludes halogenated alkanes) is 6. The van der Waals surface area contributed by atoms with Gasteiger partial charge in [0.25, 0.3) is 0 Å². The van der Waals surface area contributed by atoms with Crippen LogP contribution >= 0.6 is 0 Å². The van der Waals surface area contributed by atoms with Gasteiger partial charge >= 0.3 is 6.09 Å². The second kappa shape index (κ2) is 11.8. The van der Waals surface area contributed by atoms with Crippen molar-refractivity contribution in [3.8, 4) is 0 Å². The lowest BCUT2D eigenvalue weighted by molar-refractivity contribution is 0.106. The number of nitrogens with one attached hydrogen (secondary N) is 1. The maximum absolute atomic E-state index is 10.8. The molecule has 21 heavy (non-hydrogen) atoms. The highest BCUT2D eigenvalue weighted by molar-refractivity contribution is 5.65. The standard InChI is InChI=1S/C16H33N3O2/c1-2-3-4-5-6-7-8-9-17-10-11-18-12-14-19(15-13-18)16(20)21/h17H,2-15H2,1H3,(H,20,21). The lowest BCUT2D eigenvalue weighted by Crippen LogP contribution is -2.49. The number of nitrogens with zero attached hydrogens (tertiary/aromatic N) is 2. The highest BCUT2D eigenvalue weighted by atomic mass is 16.4. The number of carbonyl (C=O) groups is 1. The lowest BCUT2D eigenvalue weighted by atomic mass is 10.1. The van der Waals surface area contributed by atoms with Crippen LogP contribution in [0.5, 0.6) is 0 Å². The molecule has 1 saturated heterocycles. The van der Waals surface area contributed by atoms with Gasteiger partial charge in [0.2, 0.25) is 0 Å². The highest BCUT2D eigenvalue weighted by Gasteiger charge is 2.19.